The van der Waals surface area contributed by atoms with E-state index in [0.717, 1.165) is 6.42 Å². The van der Waals surface area contributed by atoms with Crippen molar-refractivity contribution in [3.05, 3.63) is 0 Å². The van der Waals surface area contributed by atoms with Crippen LogP contribution in [0.15, 0.2) is 4.99 Å². The fourth-order valence-corrected chi connectivity index (χ4v) is 0.730. The number of hydrogen-bond donors (Lipinski definition) is 0. The maximum Gasteiger partial charge on any atom is 0.314 e. The predicted octanol–water partition coefficient (Wildman–Crippen LogP) is 2.45. The number of carbonyl (C=O) groups is 1. The molecule has 0 amide bonds. The summed E-state index contributed by atoms with van der Waals surface area (Å²) in [5.74, 6) is -0.444. The molecule has 0 saturated carbocycles. The van der Waals surface area contributed by atoms with Gasteiger partial charge in [-0.15, -0.1) is 0 Å². The van der Waals surface area contributed by atoms with E-state index in [1.165, 1.54) is 0 Å². The summed E-state index contributed by atoms with van der Waals surface area (Å²) in [4.78, 5) is 15.6. The Morgan fingerprint density at radius 1 is 1.50 bits per heavy atom. The van der Waals surface area contributed by atoms with Crippen molar-refractivity contribution in [3.63, 3.8) is 0 Å². The maximum absolute atomic E-state index is 11.3. The molecule has 0 rings (SSSR count). The lowest BCUT2D eigenvalue weighted by molar-refractivity contribution is -0.145. The monoisotopic (exact) mass is 199 g/mol. The molecule has 14 heavy (non-hydrogen) atoms. The van der Waals surface area contributed by atoms with Crippen LogP contribution >= 0.6 is 0 Å². The molecule has 0 N–H and O–H groups in total. The third-order valence-electron chi connectivity index (χ3n) is 1.51. The van der Waals surface area contributed by atoms with E-state index < -0.39 is 0 Å². The van der Waals surface area contributed by atoms with Crippen LogP contribution in [0.4, 0.5) is 0 Å². The molecule has 3 nitrogen and oxygen atoms in total. The molecule has 0 spiro atoms. The lowest BCUT2D eigenvalue weighted by atomic mass is 10.1. The minimum absolute atomic E-state index is 0.126. The predicted molar refractivity (Wildman–Crippen MR) is 58.7 cm³/mol. The zero-order valence-corrected chi connectivity index (χ0v) is 9.83. The number of ether oxygens (including phenoxy) is 1. The second-order valence-corrected chi connectivity index (χ2v) is 4.41. The first-order valence-electron chi connectivity index (χ1n) is 5.09. The van der Waals surface area contributed by atoms with Crippen LogP contribution in [-0.2, 0) is 9.53 Å². The Balaban J connectivity index is 4.01. The van der Waals surface area contributed by atoms with Gasteiger partial charge in [0.25, 0.3) is 0 Å². The molecule has 0 saturated heterocycles. The van der Waals surface area contributed by atoms with Crippen molar-refractivity contribution in [3.8, 4) is 0 Å². The Bertz CT molecular complexity index is 204. The van der Waals surface area contributed by atoms with E-state index in [0.29, 0.717) is 6.61 Å². The van der Waals surface area contributed by atoms with Gasteiger partial charge in [0.05, 0.1) is 18.1 Å². The van der Waals surface area contributed by atoms with Gasteiger partial charge >= 0.3 is 5.97 Å². The first-order valence-corrected chi connectivity index (χ1v) is 5.09. The van der Waals surface area contributed by atoms with Gasteiger partial charge in [0, 0.05) is 6.21 Å². The Hall–Kier alpha value is -0.860. The standard InChI is InChI=1S/C11H21NO2/c1-6-7-14-10(13)9(2)8-12-11(3,4)5/h8-9H,6-7H2,1-5H3. The first kappa shape index (κ1) is 13.1. The number of rotatable bonds is 4. The van der Waals surface area contributed by atoms with E-state index in [2.05, 4.69) is 4.99 Å². The van der Waals surface area contributed by atoms with Gasteiger partial charge in [-0.2, -0.15) is 0 Å². The lowest BCUT2D eigenvalue weighted by Gasteiger charge is -2.12. The topological polar surface area (TPSA) is 38.7 Å². The highest BCUT2D eigenvalue weighted by molar-refractivity contribution is 5.89. The summed E-state index contributed by atoms with van der Waals surface area (Å²) >= 11 is 0. The van der Waals surface area contributed by atoms with Crippen LogP contribution < -0.4 is 0 Å². The van der Waals surface area contributed by atoms with Gasteiger partial charge in [-0.1, -0.05) is 6.92 Å². The van der Waals surface area contributed by atoms with Crippen LogP contribution in [0.5, 0.6) is 0 Å². The summed E-state index contributed by atoms with van der Waals surface area (Å²) in [6, 6.07) is 0. The molecule has 0 fully saturated rings. The molecule has 0 aromatic rings. The van der Waals surface area contributed by atoms with E-state index >= 15 is 0 Å². The van der Waals surface area contributed by atoms with Gasteiger partial charge in [0.2, 0.25) is 0 Å². The molecular formula is C11H21NO2. The SMILES string of the molecule is CCCOC(=O)C(C)C=NC(C)(C)C. The van der Waals surface area contributed by atoms with Crippen LogP contribution in [0.1, 0.15) is 41.0 Å². The molecule has 0 aliphatic carbocycles. The van der Waals surface area contributed by atoms with Crippen molar-refractivity contribution in [2.24, 2.45) is 10.9 Å². The van der Waals surface area contributed by atoms with E-state index in [1.807, 2.05) is 27.7 Å². The highest BCUT2D eigenvalue weighted by atomic mass is 16.5. The molecule has 0 bridgehead atoms. The Morgan fingerprint density at radius 2 is 2.07 bits per heavy atom. The molecule has 0 radical (unpaired) electrons. The van der Waals surface area contributed by atoms with E-state index in [1.54, 1.807) is 13.1 Å². The van der Waals surface area contributed by atoms with Gasteiger partial charge in [-0.25, -0.2) is 0 Å². The summed E-state index contributed by atoms with van der Waals surface area (Å²) < 4.78 is 4.99. The van der Waals surface area contributed by atoms with E-state index in [9.17, 15) is 4.79 Å². The molecule has 1 unspecified atom stereocenters. The van der Waals surface area contributed by atoms with Crippen molar-refractivity contribution in [2.75, 3.05) is 6.61 Å². The summed E-state index contributed by atoms with van der Waals surface area (Å²) in [6.45, 7) is 10.2. The molecule has 82 valence electrons. The fourth-order valence-electron chi connectivity index (χ4n) is 0.730. The number of hydrogen-bond acceptors (Lipinski definition) is 3. The Morgan fingerprint density at radius 3 is 2.50 bits per heavy atom. The van der Waals surface area contributed by atoms with Gasteiger partial charge in [-0.05, 0) is 34.1 Å². The first-order chi connectivity index (χ1) is 6.37. The van der Waals surface area contributed by atoms with Gasteiger partial charge in [0.15, 0.2) is 0 Å². The molecule has 1 atom stereocenters. The Kier molecular flexibility index (Phi) is 5.43. The van der Waals surface area contributed by atoms with Crippen LogP contribution in [0.3, 0.4) is 0 Å². The second kappa shape index (κ2) is 5.78. The van der Waals surface area contributed by atoms with Crippen LogP contribution in [-0.4, -0.2) is 24.3 Å². The number of carbonyl (C=O) groups excluding carboxylic acids is 1. The van der Waals surface area contributed by atoms with Gasteiger partial charge in [0.1, 0.15) is 0 Å². The van der Waals surface area contributed by atoms with Crippen molar-refractivity contribution in [1.82, 2.24) is 0 Å². The minimum Gasteiger partial charge on any atom is -0.465 e. The molecule has 0 heterocycles. The summed E-state index contributed by atoms with van der Waals surface area (Å²) in [5.41, 5.74) is -0.126. The largest absolute Gasteiger partial charge is 0.465 e. The third-order valence-corrected chi connectivity index (χ3v) is 1.51. The summed E-state index contributed by atoms with van der Waals surface area (Å²) in [5, 5.41) is 0. The van der Waals surface area contributed by atoms with Crippen molar-refractivity contribution in [1.29, 1.82) is 0 Å². The highest BCUT2D eigenvalue weighted by Crippen LogP contribution is 2.07. The van der Waals surface area contributed by atoms with Crippen LogP contribution in [0.2, 0.25) is 0 Å². The number of aliphatic imine (C=N–C) groups is 1. The lowest BCUT2D eigenvalue weighted by Crippen LogP contribution is -2.19. The molecule has 0 aromatic heterocycles. The van der Waals surface area contributed by atoms with Crippen LogP contribution in [0.25, 0.3) is 0 Å². The smallest absolute Gasteiger partial charge is 0.314 e. The van der Waals surface area contributed by atoms with Crippen molar-refractivity contribution >= 4 is 12.2 Å². The van der Waals surface area contributed by atoms with Crippen LogP contribution in [0, 0.1) is 5.92 Å². The highest BCUT2D eigenvalue weighted by Gasteiger charge is 2.13. The normalized spacial score (nSPS) is 14.4. The minimum atomic E-state index is -0.249. The average Bonchev–Trinajstić information content (AvgIpc) is 2.09. The molecule has 0 aliphatic heterocycles. The average molecular weight is 199 g/mol. The van der Waals surface area contributed by atoms with Crippen molar-refractivity contribution in [2.45, 2.75) is 46.6 Å². The zero-order valence-electron chi connectivity index (χ0n) is 9.83. The van der Waals surface area contributed by atoms with Gasteiger partial charge in [-0.3, -0.25) is 9.79 Å². The molecule has 3 heteroatoms. The fraction of sp³-hybridized carbons (Fsp3) is 0.818. The maximum atomic E-state index is 11.3. The summed E-state index contributed by atoms with van der Waals surface area (Å²) in [7, 11) is 0. The quantitative estimate of drug-likeness (QED) is 0.515. The molecular weight excluding hydrogens is 178 g/mol. The van der Waals surface area contributed by atoms with E-state index in [4.69, 9.17) is 4.74 Å². The zero-order chi connectivity index (χ0) is 11.2. The molecule has 0 aliphatic rings. The van der Waals surface area contributed by atoms with E-state index in [-0.39, 0.29) is 17.4 Å². The number of esters is 1. The summed E-state index contributed by atoms with van der Waals surface area (Å²) in [6.07, 6.45) is 2.52. The molecule has 0 aromatic carbocycles. The number of nitrogens with zero attached hydrogens (tertiary/aromatic N) is 1. The van der Waals surface area contributed by atoms with Crippen molar-refractivity contribution < 1.29 is 9.53 Å². The van der Waals surface area contributed by atoms with Gasteiger partial charge < -0.3 is 4.74 Å². The second-order valence-electron chi connectivity index (χ2n) is 4.41. The Labute approximate surface area is 86.6 Å². The third kappa shape index (κ3) is 6.63.